The van der Waals surface area contributed by atoms with Crippen LogP contribution in [0.4, 0.5) is 0 Å². The van der Waals surface area contributed by atoms with Crippen LogP contribution in [0.2, 0.25) is 0 Å². The maximum Gasteiger partial charge on any atom is 0.136 e. The zero-order valence-electron chi connectivity index (χ0n) is 20.4. The summed E-state index contributed by atoms with van der Waals surface area (Å²) < 4.78 is 6.69. The van der Waals surface area contributed by atoms with E-state index in [1.165, 1.54) is 0 Å². The van der Waals surface area contributed by atoms with Crippen LogP contribution in [0.25, 0.3) is 0 Å². The molecule has 4 nitrogen and oxygen atoms in total. The number of benzene rings is 2. The number of hydrogen-bond acceptors (Lipinski definition) is 4. The van der Waals surface area contributed by atoms with Crippen molar-refractivity contribution in [2.24, 2.45) is 5.41 Å². The van der Waals surface area contributed by atoms with Crippen LogP contribution in [-0.4, -0.2) is 35.1 Å². The molecule has 3 N–H and O–H groups in total. The fourth-order valence-corrected chi connectivity index (χ4v) is 3.97. The van der Waals surface area contributed by atoms with E-state index in [0.717, 1.165) is 27.8 Å². The molecular weight excluding hydrogens is 388 g/mol. The lowest BCUT2D eigenvalue weighted by Crippen LogP contribution is -2.43. The lowest BCUT2D eigenvalue weighted by atomic mass is 9.74. The van der Waals surface area contributed by atoms with Gasteiger partial charge < -0.3 is 20.1 Å². The third-order valence-electron chi connectivity index (χ3n) is 5.99. The van der Waals surface area contributed by atoms with E-state index in [9.17, 15) is 15.3 Å². The minimum atomic E-state index is -1.24. The second-order valence-corrected chi connectivity index (χ2v) is 10.9. The summed E-state index contributed by atoms with van der Waals surface area (Å²) in [7, 11) is 0. The van der Waals surface area contributed by atoms with E-state index in [1.807, 2.05) is 26.0 Å². The normalized spacial score (nSPS) is 13.9. The number of aryl methyl sites for hydroxylation is 2. The van der Waals surface area contributed by atoms with Crippen molar-refractivity contribution in [2.75, 3.05) is 19.8 Å². The van der Waals surface area contributed by atoms with Gasteiger partial charge in [-0.1, -0.05) is 77.4 Å². The van der Waals surface area contributed by atoms with E-state index in [4.69, 9.17) is 4.74 Å². The molecule has 4 heteroatoms. The summed E-state index contributed by atoms with van der Waals surface area (Å²) in [6.45, 7) is 15.6. The smallest absolute Gasteiger partial charge is 0.136 e. The first-order chi connectivity index (χ1) is 14.3. The lowest BCUT2D eigenvalue weighted by molar-refractivity contribution is -0.0752. The van der Waals surface area contributed by atoms with Gasteiger partial charge in [-0.2, -0.15) is 0 Å². The topological polar surface area (TPSA) is 69.9 Å². The highest BCUT2D eigenvalue weighted by Crippen LogP contribution is 2.44. The van der Waals surface area contributed by atoms with Crippen molar-refractivity contribution < 1.29 is 20.1 Å². The van der Waals surface area contributed by atoms with E-state index in [1.54, 1.807) is 0 Å². The fraction of sp³-hybridized carbons (Fsp3) is 0.556. The summed E-state index contributed by atoms with van der Waals surface area (Å²) in [5.41, 5.74) is 3.51. The molecule has 1 unspecified atom stereocenters. The Kier molecular flexibility index (Phi) is 7.63. The van der Waals surface area contributed by atoms with Gasteiger partial charge in [-0.15, -0.1) is 0 Å². The van der Waals surface area contributed by atoms with E-state index in [2.05, 4.69) is 65.8 Å². The van der Waals surface area contributed by atoms with Crippen molar-refractivity contribution in [3.05, 3.63) is 64.2 Å². The van der Waals surface area contributed by atoms with E-state index >= 15 is 0 Å². The Morgan fingerprint density at radius 3 is 1.61 bits per heavy atom. The quantitative estimate of drug-likeness (QED) is 0.582. The molecular formula is C27H40O4. The van der Waals surface area contributed by atoms with Crippen LogP contribution in [-0.2, 0) is 10.8 Å². The molecule has 0 saturated carbocycles. The van der Waals surface area contributed by atoms with Crippen LogP contribution in [0.3, 0.4) is 0 Å². The van der Waals surface area contributed by atoms with Crippen LogP contribution in [0.15, 0.2) is 36.4 Å². The Balaban J connectivity index is 2.81. The Hall–Kier alpha value is -1.88. The van der Waals surface area contributed by atoms with Crippen molar-refractivity contribution in [1.82, 2.24) is 0 Å². The molecule has 0 aliphatic carbocycles. The number of hydrogen-bond donors (Lipinski definition) is 3. The van der Waals surface area contributed by atoms with Crippen molar-refractivity contribution in [3.63, 3.8) is 0 Å². The maximum absolute atomic E-state index is 10.3. The molecule has 2 rings (SSSR count). The molecule has 0 aliphatic heterocycles. The van der Waals surface area contributed by atoms with Gasteiger partial charge in [-0.3, -0.25) is 0 Å². The molecule has 1 atom stereocenters. The van der Waals surface area contributed by atoms with Crippen molar-refractivity contribution in [2.45, 2.75) is 72.3 Å². The lowest BCUT2D eigenvalue weighted by Gasteiger charge is -2.40. The number of ether oxygens (including phenoxy) is 1. The van der Waals surface area contributed by atoms with Gasteiger partial charge in [0.1, 0.15) is 11.9 Å². The van der Waals surface area contributed by atoms with E-state index in [0.29, 0.717) is 5.75 Å². The number of aliphatic hydroxyl groups is 3. The highest BCUT2D eigenvalue weighted by molar-refractivity contribution is 5.44. The minimum Gasteiger partial charge on any atom is -0.485 e. The molecule has 2 aromatic rings. The summed E-state index contributed by atoms with van der Waals surface area (Å²) >= 11 is 0. The SMILES string of the molecule is Cc1ccc(C(C)(C)C)c(OC(c2cc(C)ccc2C(C)(C)C)C(CO)(CO)CO)c1. The molecule has 0 fully saturated rings. The number of aliphatic hydroxyl groups excluding tert-OH is 3. The molecule has 0 aromatic heterocycles. The first-order valence-corrected chi connectivity index (χ1v) is 11.0. The predicted octanol–water partition coefficient (Wildman–Crippen LogP) is 4.98. The molecule has 0 aliphatic rings. The summed E-state index contributed by atoms with van der Waals surface area (Å²) in [6.07, 6.45) is -0.732. The molecule has 0 saturated heterocycles. The Bertz CT molecular complexity index is 875. The Labute approximate surface area is 187 Å². The van der Waals surface area contributed by atoms with Crippen molar-refractivity contribution in [3.8, 4) is 5.75 Å². The summed E-state index contributed by atoms with van der Waals surface area (Å²) in [5.74, 6) is 0.707. The van der Waals surface area contributed by atoms with Crippen molar-refractivity contribution in [1.29, 1.82) is 0 Å². The molecule has 0 heterocycles. The standard InChI is InChI=1S/C27H40O4/c1-18-9-11-21(25(3,4)5)20(13-18)24(27(15-28,16-29)17-30)31-23-14-19(2)10-12-22(23)26(6,7)8/h9-14,24,28-30H,15-17H2,1-8H3. The average molecular weight is 429 g/mol. The molecule has 0 amide bonds. The largest absolute Gasteiger partial charge is 0.485 e. The second-order valence-electron chi connectivity index (χ2n) is 10.9. The second kappa shape index (κ2) is 9.32. The zero-order valence-corrected chi connectivity index (χ0v) is 20.4. The monoisotopic (exact) mass is 428 g/mol. The van der Waals surface area contributed by atoms with Crippen LogP contribution in [0, 0.1) is 19.3 Å². The van der Waals surface area contributed by atoms with Gasteiger partial charge in [0.2, 0.25) is 0 Å². The van der Waals surface area contributed by atoms with Crippen LogP contribution in [0.5, 0.6) is 5.75 Å². The van der Waals surface area contributed by atoms with Gasteiger partial charge in [0.25, 0.3) is 0 Å². The molecule has 2 aromatic carbocycles. The van der Waals surface area contributed by atoms with Crippen molar-refractivity contribution >= 4 is 0 Å². The van der Waals surface area contributed by atoms with Gasteiger partial charge in [0, 0.05) is 0 Å². The van der Waals surface area contributed by atoms with Gasteiger partial charge in [-0.05, 0) is 53.0 Å². The average Bonchev–Trinajstić information content (AvgIpc) is 2.67. The Morgan fingerprint density at radius 2 is 1.16 bits per heavy atom. The summed E-state index contributed by atoms with van der Waals surface area (Å²) in [4.78, 5) is 0. The van der Waals surface area contributed by atoms with Gasteiger partial charge in [0.05, 0.1) is 25.2 Å². The zero-order chi connectivity index (χ0) is 23.6. The molecule has 31 heavy (non-hydrogen) atoms. The predicted molar refractivity (Wildman–Crippen MR) is 127 cm³/mol. The fourth-order valence-electron chi connectivity index (χ4n) is 3.97. The van der Waals surface area contributed by atoms with Gasteiger partial charge in [0.15, 0.2) is 0 Å². The van der Waals surface area contributed by atoms with Crippen LogP contribution >= 0.6 is 0 Å². The van der Waals surface area contributed by atoms with Gasteiger partial charge >= 0.3 is 0 Å². The molecule has 172 valence electrons. The maximum atomic E-state index is 10.3. The van der Waals surface area contributed by atoms with E-state index < -0.39 is 31.3 Å². The molecule has 0 spiro atoms. The third-order valence-corrected chi connectivity index (χ3v) is 5.99. The Morgan fingerprint density at radius 1 is 0.710 bits per heavy atom. The highest BCUT2D eigenvalue weighted by Gasteiger charge is 2.43. The summed E-state index contributed by atoms with van der Waals surface area (Å²) in [6, 6.07) is 12.3. The van der Waals surface area contributed by atoms with Crippen LogP contribution < -0.4 is 4.74 Å². The highest BCUT2D eigenvalue weighted by atomic mass is 16.5. The minimum absolute atomic E-state index is 0.159. The third kappa shape index (κ3) is 5.49. The number of rotatable bonds is 7. The molecule has 0 bridgehead atoms. The van der Waals surface area contributed by atoms with E-state index in [-0.39, 0.29) is 10.8 Å². The first-order valence-electron chi connectivity index (χ1n) is 11.0. The molecule has 0 radical (unpaired) electrons. The summed E-state index contributed by atoms with van der Waals surface area (Å²) in [5, 5.41) is 31.0. The van der Waals surface area contributed by atoms with Crippen LogP contribution in [0.1, 0.15) is 75.5 Å². The first kappa shape index (κ1) is 25.4. The van der Waals surface area contributed by atoms with Gasteiger partial charge in [-0.25, -0.2) is 0 Å².